The largest absolute Gasteiger partial charge is 0.394 e. The Morgan fingerprint density at radius 3 is 2.79 bits per heavy atom. The van der Waals surface area contributed by atoms with Gasteiger partial charge in [-0.15, -0.1) is 0 Å². The molecule has 1 aliphatic heterocycles. The van der Waals surface area contributed by atoms with Gasteiger partial charge in [-0.2, -0.15) is 5.10 Å². The maximum absolute atomic E-state index is 6.09. The summed E-state index contributed by atoms with van der Waals surface area (Å²) in [5.41, 5.74) is 7.76. The third kappa shape index (κ3) is 3.01. The van der Waals surface area contributed by atoms with Gasteiger partial charge in [-0.05, 0) is 27.9 Å². The van der Waals surface area contributed by atoms with Crippen molar-refractivity contribution < 1.29 is 0 Å². The standard InChI is InChI=1S/C13H26N6/c1-5-19-13(12(14)10(2)16-19)15-8-11-9-17(3)6-7-18(11)4/h11,15H,5-9,14H2,1-4H3. The van der Waals surface area contributed by atoms with Crippen molar-refractivity contribution in [3.63, 3.8) is 0 Å². The number of hydrogen-bond donors (Lipinski definition) is 2. The predicted molar refractivity (Wildman–Crippen MR) is 79.5 cm³/mol. The van der Waals surface area contributed by atoms with Crippen molar-refractivity contribution in [1.29, 1.82) is 0 Å². The molecular weight excluding hydrogens is 240 g/mol. The minimum Gasteiger partial charge on any atom is -0.394 e. The average Bonchev–Trinajstić information content (AvgIpc) is 2.66. The zero-order valence-electron chi connectivity index (χ0n) is 12.5. The van der Waals surface area contributed by atoms with Crippen molar-refractivity contribution in [2.45, 2.75) is 26.4 Å². The molecule has 1 atom stereocenters. The van der Waals surface area contributed by atoms with Crippen LogP contribution in [-0.2, 0) is 6.54 Å². The number of nitrogen functional groups attached to an aromatic ring is 1. The van der Waals surface area contributed by atoms with E-state index in [1.165, 1.54) is 0 Å². The number of aromatic nitrogens is 2. The Morgan fingerprint density at radius 1 is 1.37 bits per heavy atom. The SMILES string of the molecule is CCn1nc(C)c(N)c1NCC1CN(C)CCN1C. The number of hydrogen-bond acceptors (Lipinski definition) is 5. The van der Waals surface area contributed by atoms with E-state index in [0.29, 0.717) is 6.04 Å². The van der Waals surface area contributed by atoms with Gasteiger partial charge in [-0.25, -0.2) is 4.68 Å². The van der Waals surface area contributed by atoms with Gasteiger partial charge in [-0.3, -0.25) is 4.90 Å². The molecule has 0 radical (unpaired) electrons. The minimum atomic E-state index is 0.513. The number of nitrogens with zero attached hydrogens (tertiary/aromatic N) is 4. The van der Waals surface area contributed by atoms with Crippen molar-refractivity contribution in [2.75, 3.05) is 51.3 Å². The van der Waals surface area contributed by atoms with Crippen molar-refractivity contribution in [1.82, 2.24) is 19.6 Å². The van der Waals surface area contributed by atoms with Crippen LogP contribution < -0.4 is 11.1 Å². The summed E-state index contributed by atoms with van der Waals surface area (Å²) in [5.74, 6) is 0.960. The summed E-state index contributed by atoms with van der Waals surface area (Å²) in [7, 11) is 4.36. The van der Waals surface area contributed by atoms with Crippen LogP contribution in [0.2, 0.25) is 0 Å². The average molecular weight is 266 g/mol. The molecule has 1 fully saturated rings. The molecule has 0 aromatic carbocycles. The van der Waals surface area contributed by atoms with Gasteiger partial charge in [0.15, 0.2) is 0 Å². The Morgan fingerprint density at radius 2 is 2.11 bits per heavy atom. The lowest BCUT2D eigenvalue weighted by molar-refractivity contribution is 0.121. The number of rotatable bonds is 4. The number of nitrogens with one attached hydrogen (secondary N) is 1. The van der Waals surface area contributed by atoms with E-state index in [9.17, 15) is 0 Å². The van der Waals surface area contributed by atoms with Gasteiger partial charge in [0.25, 0.3) is 0 Å². The normalized spacial score (nSPS) is 21.8. The monoisotopic (exact) mass is 266 g/mol. The highest BCUT2D eigenvalue weighted by atomic mass is 15.3. The fourth-order valence-corrected chi connectivity index (χ4v) is 2.55. The lowest BCUT2D eigenvalue weighted by Gasteiger charge is -2.37. The molecule has 1 aliphatic rings. The molecule has 0 spiro atoms. The van der Waals surface area contributed by atoms with Crippen LogP contribution in [-0.4, -0.2) is 65.9 Å². The van der Waals surface area contributed by atoms with E-state index in [4.69, 9.17) is 5.73 Å². The molecule has 19 heavy (non-hydrogen) atoms. The van der Waals surface area contributed by atoms with E-state index in [-0.39, 0.29) is 0 Å². The van der Waals surface area contributed by atoms with Gasteiger partial charge in [-0.1, -0.05) is 0 Å². The second kappa shape index (κ2) is 5.79. The third-order valence-electron chi connectivity index (χ3n) is 3.96. The first-order chi connectivity index (χ1) is 9.02. The first kappa shape index (κ1) is 14.1. The Balaban J connectivity index is 2.02. The zero-order chi connectivity index (χ0) is 14.0. The van der Waals surface area contributed by atoms with Gasteiger partial charge in [0.2, 0.25) is 0 Å². The van der Waals surface area contributed by atoms with Crippen LogP contribution in [0.5, 0.6) is 0 Å². The molecular formula is C13H26N6. The Hall–Kier alpha value is -1.27. The van der Waals surface area contributed by atoms with E-state index in [1.54, 1.807) is 0 Å². The molecule has 3 N–H and O–H groups in total. The summed E-state index contributed by atoms with van der Waals surface area (Å²) in [5, 5.41) is 7.91. The number of nitrogens with two attached hydrogens (primary N) is 1. The maximum Gasteiger partial charge on any atom is 0.148 e. The Labute approximate surface area is 115 Å². The molecule has 6 nitrogen and oxygen atoms in total. The summed E-state index contributed by atoms with van der Waals surface area (Å²) in [6.07, 6.45) is 0. The van der Waals surface area contributed by atoms with Gasteiger partial charge >= 0.3 is 0 Å². The number of aryl methyl sites for hydroxylation is 2. The topological polar surface area (TPSA) is 62.4 Å². The van der Waals surface area contributed by atoms with Crippen molar-refractivity contribution in [3.05, 3.63) is 5.69 Å². The molecule has 2 rings (SSSR count). The van der Waals surface area contributed by atoms with Crippen LogP contribution in [0, 0.1) is 6.92 Å². The van der Waals surface area contributed by atoms with E-state index >= 15 is 0 Å². The first-order valence-electron chi connectivity index (χ1n) is 6.98. The fourth-order valence-electron chi connectivity index (χ4n) is 2.55. The number of anilines is 2. The molecule has 108 valence electrons. The molecule has 1 aromatic heterocycles. The van der Waals surface area contributed by atoms with Crippen molar-refractivity contribution in [3.8, 4) is 0 Å². The van der Waals surface area contributed by atoms with Crippen molar-refractivity contribution in [2.24, 2.45) is 0 Å². The first-order valence-corrected chi connectivity index (χ1v) is 6.98. The van der Waals surface area contributed by atoms with Gasteiger partial charge in [0.1, 0.15) is 5.82 Å². The molecule has 0 aliphatic carbocycles. The summed E-state index contributed by atoms with van der Waals surface area (Å²) in [6, 6.07) is 0.513. The third-order valence-corrected chi connectivity index (χ3v) is 3.96. The fraction of sp³-hybridized carbons (Fsp3) is 0.769. The second-order valence-corrected chi connectivity index (χ2v) is 5.44. The maximum atomic E-state index is 6.09. The van der Waals surface area contributed by atoms with E-state index in [2.05, 4.69) is 41.2 Å². The van der Waals surface area contributed by atoms with Gasteiger partial charge in [0.05, 0.1) is 11.4 Å². The lowest BCUT2D eigenvalue weighted by atomic mass is 10.2. The molecule has 2 heterocycles. The minimum absolute atomic E-state index is 0.513. The number of piperazine rings is 1. The summed E-state index contributed by atoms with van der Waals surface area (Å²) < 4.78 is 1.94. The molecule has 1 unspecified atom stereocenters. The molecule has 6 heteroatoms. The summed E-state index contributed by atoms with van der Waals surface area (Å²) in [6.45, 7) is 9.11. The molecule has 1 aromatic rings. The summed E-state index contributed by atoms with van der Waals surface area (Å²) >= 11 is 0. The van der Waals surface area contributed by atoms with Crippen LogP contribution in [0.25, 0.3) is 0 Å². The van der Waals surface area contributed by atoms with Gasteiger partial charge < -0.3 is 16.0 Å². The summed E-state index contributed by atoms with van der Waals surface area (Å²) in [4.78, 5) is 4.78. The van der Waals surface area contributed by atoms with Crippen LogP contribution in [0.4, 0.5) is 11.5 Å². The van der Waals surface area contributed by atoms with Crippen LogP contribution >= 0.6 is 0 Å². The Kier molecular flexibility index (Phi) is 4.31. The van der Waals surface area contributed by atoms with Crippen molar-refractivity contribution >= 4 is 11.5 Å². The highest BCUT2D eigenvalue weighted by Crippen LogP contribution is 2.22. The molecule has 0 bridgehead atoms. The van der Waals surface area contributed by atoms with E-state index in [0.717, 1.165) is 49.9 Å². The van der Waals surface area contributed by atoms with Crippen LogP contribution in [0.1, 0.15) is 12.6 Å². The lowest BCUT2D eigenvalue weighted by Crippen LogP contribution is -2.52. The second-order valence-electron chi connectivity index (χ2n) is 5.44. The van der Waals surface area contributed by atoms with E-state index < -0.39 is 0 Å². The Bertz CT molecular complexity index is 427. The quantitative estimate of drug-likeness (QED) is 0.828. The van der Waals surface area contributed by atoms with Crippen LogP contribution in [0.15, 0.2) is 0 Å². The predicted octanol–water partition coefficient (Wildman–Crippen LogP) is 0.451. The van der Waals surface area contributed by atoms with E-state index in [1.807, 2.05) is 11.6 Å². The van der Waals surface area contributed by atoms with Gasteiger partial charge in [0, 0.05) is 38.8 Å². The number of likely N-dealkylation sites (N-methyl/N-ethyl adjacent to an activating group) is 2. The molecule has 0 saturated carbocycles. The molecule has 1 saturated heterocycles. The zero-order valence-corrected chi connectivity index (χ0v) is 12.5. The molecule has 0 amide bonds. The van der Waals surface area contributed by atoms with Crippen LogP contribution in [0.3, 0.4) is 0 Å². The highest BCUT2D eigenvalue weighted by molar-refractivity contribution is 5.64. The highest BCUT2D eigenvalue weighted by Gasteiger charge is 2.22. The smallest absolute Gasteiger partial charge is 0.148 e.